The van der Waals surface area contributed by atoms with E-state index < -0.39 is 12.5 Å². The minimum Gasteiger partial charge on any atom is -0.316 e. The smallest absolute Gasteiger partial charge is 0.316 e. The fourth-order valence-electron chi connectivity index (χ4n) is 2.38. The summed E-state index contributed by atoms with van der Waals surface area (Å²) < 4.78 is 40.0. The quantitative estimate of drug-likeness (QED) is 0.685. The summed E-state index contributed by atoms with van der Waals surface area (Å²) in [6.45, 7) is 1.33. The summed E-state index contributed by atoms with van der Waals surface area (Å²) in [5, 5.41) is 3.12. The van der Waals surface area contributed by atoms with Gasteiger partial charge in [0.25, 0.3) is 0 Å². The number of alkyl halides is 3. The number of piperidine rings is 1. The largest absolute Gasteiger partial charge is 0.522 e. The van der Waals surface area contributed by atoms with Crippen LogP contribution in [-0.2, 0) is 4.74 Å². The van der Waals surface area contributed by atoms with Crippen molar-refractivity contribution in [2.45, 2.75) is 25.3 Å². The van der Waals surface area contributed by atoms with Crippen LogP contribution in [0.25, 0.3) is 0 Å². The summed E-state index contributed by atoms with van der Waals surface area (Å²) >= 11 is 0. The van der Waals surface area contributed by atoms with E-state index in [0.29, 0.717) is 13.1 Å². The molecule has 2 unspecified atom stereocenters. The number of halogens is 3. The Kier molecular flexibility index (Phi) is 2.23. The van der Waals surface area contributed by atoms with Gasteiger partial charge in [0.2, 0.25) is 0 Å². The Morgan fingerprint density at radius 2 is 1.62 bits per heavy atom. The van der Waals surface area contributed by atoms with Crippen LogP contribution in [0.4, 0.5) is 13.2 Å². The summed E-state index contributed by atoms with van der Waals surface area (Å²) in [5.41, 5.74) is 0. The highest BCUT2D eigenvalue weighted by molar-refractivity contribution is 4.92. The van der Waals surface area contributed by atoms with Gasteiger partial charge in [-0.2, -0.15) is 0 Å². The predicted molar refractivity (Wildman–Crippen MR) is 40.0 cm³/mol. The van der Waals surface area contributed by atoms with E-state index >= 15 is 0 Å². The SMILES string of the molecule is FC(F)(F)OC1C2CCC1CNC2. The van der Waals surface area contributed by atoms with Crippen LogP contribution in [0, 0.1) is 11.8 Å². The van der Waals surface area contributed by atoms with Gasteiger partial charge in [-0.1, -0.05) is 0 Å². The van der Waals surface area contributed by atoms with Crippen molar-refractivity contribution < 1.29 is 17.9 Å². The number of nitrogens with one attached hydrogen (secondary N) is 1. The predicted octanol–water partition coefficient (Wildman–Crippen LogP) is 1.52. The zero-order valence-corrected chi connectivity index (χ0v) is 7.10. The van der Waals surface area contributed by atoms with Crippen LogP contribution in [0.3, 0.4) is 0 Å². The second-order valence-electron chi connectivity index (χ2n) is 3.78. The molecule has 2 fully saturated rings. The van der Waals surface area contributed by atoms with Gasteiger partial charge in [0, 0.05) is 13.1 Å². The summed E-state index contributed by atoms with van der Waals surface area (Å²) in [7, 11) is 0. The molecule has 0 aromatic heterocycles. The van der Waals surface area contributed by atoms with E-state index in [1.807, 2.05) is 0 Å². The maximum Gasteiger partial charge on any atom is 0.522 e. The van der Waals surface area contributed by atoms with Gasteiger partial charge in [-0.05, 0) is 24.7 Å². The zero-order chi connectivity index (χ0) is 9.47. The van der Waals surface area contributed by atoms with Crippen molar-refractivity contribution in [2.75, 3.05) is 13.1 Å². The van der Waals surface area contributed by atoms with Crippen LogP contribution in [0.2, 0.25) is 0 Å². The zero-order valence-electron chi connectivity index (χ0n) is 7.10. The summed E-state index contributed by atoms with van der Waals surface area (Å²) in [6, 6.07) is 0. The number of hydrogen-bond acceptors (Lipinski definition) is 2. The van der Waals surface area contributed by atoms with Crippen molar-refractivity contribution in [3.05, 3.63) is 0 Å². The van der Waals surface area contributed by atoms with E-state index in [4.69, 9.17) is 0 Å². The summed E-state index contributed by atoms with van der Waals surface area (Å²) in [6.07, 6.45) is -3.35. The monoisotopic (exact) mass is 195 g/mol. The Labute approximate surface area is 74.4 Å². The molecule has 1 saturated heterocycles. The molecule has 2 bridgehead atoms. The first-order chi connectivity index (χ1) is 6.06. The Morgan fingerprint density at radius 1 is 1.08 bits per heavy atom. The molecule has 5 heteroatoms. The molecule has 0 aromatic rings. The van der Waals surface area contributed by atoms with Crippen molar-refractivity contribution in [2.24, 2.45) is 11.8 Å². The molecule has 2 nitrogen and oxygen atoms in total. The first-order valence-electron chi connectivity index (χ1n) is 4.51. The van der Waals surface area contributed by atoms with Gasteiger partial charge >= 0.3 is 6.36 Å². The summed E-state index contributed by atoms with van der Waals surface area (Å²) in [5.74, 6) is 0.112. The first-order valence-corrected chi connectivity index (χ1v) is 4.51. The molecule has 0 aromatic carbocycles. The van der Waals surface area contributed by atoms with Crippen LogP contribution in [-0.4, -0.2) is 25.6 Å². The topological polar surface area (TPSA) is 21.3 Å². The molecule has 2 rings (SSSR count). The highest BCUT2D eigenvalue weighted by Crippen LogP contribution is 2.38. The van der Waals surface area contributed by atoms with Crippen LogP contribution in [0.5, 0.6) is 0 Å². The molecule has 0 amide bonds. The van der Waals surface area contributed by atoms with Gasteiger partial charge in [0.05, 0.1) is 6.10 Å². The molecule has 13 heavy (non-hydrogen) atoms. The van der Waals surface area contributed by atoms with Crippen molar-refractivity contribution in [1.82, 2.24) is 5.32 Å². The summed E-state index contributed by atoms with van der Waals surface area (Å²) in [4.78, 5) is 0. The normalized spacial score (nSPS) is 39.5. The Hall–Kier alpha value is -0.290. The lowest BCUT2D eigenvalue weighted by Crippen LogP contribution is -2.45. The van der Waals surface area contributed by atoms with E-state index in [-0.39, 0.29) is 11.8 Å². The molecule has 1 aliphatic carbocycles. The fraction of sp³-hybridized carbons (Fsp3) is 1.00. The first kappa shape index (κ1) is 9.27. The third-order valence-corrected chi connectivity index (χ3v) is 2.92. The van der Waals surface area contributed by atoms with Gasteiger partial charge in [0.15, 0.2) is 0 Å². The maximum absolute atomic E-state index is 12.0. The van der Waals surface area contributed by atoms with Gasteiger partial charge in [0.1, 0.15) is 0 Å². The molecule has 2 atom stereocenters. The lowest BCUT2D eigenvalue weighted by atomic mass is 9.97. The van der Waals surface area contributed by atoms with E-state index in [1.54, 1.807) is 0 Å². The molecular weight excluding hydrogens is 183 g/mol. The molecule has 1 heterocycles. The van der Waals surface area contributed by atoms with Crippen LogP contribution < -0.4 is 5.32 Å². The van der Waals surface area contributed by atoms with Gasteiger partial charge < -0.3 is 5.32 Å². The average molecular weight is 195 g/mol. The Balaban J connectivity index is 1.99. The van der Waals surface area contributed by atoms with Crippen molar-refractivity contribution in [3.63, 3.8) is 0 Å². The van der Waals surface area contributed by atoms with Crippen molar-refractivity contribution in [3.8, 4) is 0 Å². The molecule has 0 radical (unpaired) electrons. The second-order valence-corrected chi connectivity index (χ2v) is 3.78. The fourth-order valence-corrected chi connectivity index (χ4v) is 2.38. The van der Waals surface area contributed by atoms with Crippen molar-refractivity contribution >= 4 is 0 Å². The standard InChI is InChI=1S/C8H12F3NO/c9-8(10,11)13-7-5-1-2-6(7)4-12-3-5/h5-7,12H,1-4H2. The second kappa shape index (κ2) is 3.13. The van der Waals surface area contributed by atoms with Crippen LogP contribution in [0.15, 0.2) is 0 Å². The maximum atomic E-state index is 12.0. The average Bonchev–Trinajstić information content (AvgIpc) is 2.29. The number of fused-ring (bicyclic) bond motifs is 2. The molecule has 1 saturated carbocycles. The molecule has 76 valence electrons. The number of ether oxygens (including phenoxy) is 1. The minimum atomic E-state index is -4.47. The van der Waals surface area contributed by atoms with Gasteiger partial charge in [-0.15, -0.1) is 13.2 Å². The third-order valence-electron chi connectivity index (χ3n) is 2.92. The van der Waals surface area contributed by atoms with E-state index in [0.717, 1.165) is 12.8 Å². The van der Waals surface area contributed by atoms with Gasteiger partial charge in [-0.25, -0.2) is 0 Å². The molecule has 1 N–H and O–H groups in total. The van der Waals surface area contributed by atoms with Gasteiger partial charge in [-0.3, -0.25) is 4.74 Å². The number of rotatable bonds is 1. The number of hydrogen-bond donors (Lipinski definition) is 1. The Bertz CT molecular complexity index is 178. The Morgan fingerprint density at radius 3 is 2.08 bits per heavy atom. The molecule has 0 spiro atoms. The third kappa shape index (κ3) is 1.96. The van der Waals surface area contributed by atoms with Crippen LogP contribution >= 0.6 is 0 Å². The minimum absolute atomic E-state index is 0.0559. The lowest BCUT2D eigenvalue weighted by molar-refractivity contribution is -0.352. The molecular formula is C8H12F3NO. The van der Waals surface area contributed by atoms with E-state index in [1.165, 1.54) is 0 Å². The highest BCUT2D eigenvalue weighted by Gasteiger charge is 2.45. The van der Waals surface area contributed by atoms with Crippen molar-refractivity contribution in [1.29, 1.82) is 0 Å². The molecule has 1 aliphatic heterocycles. The molecule has 2 aliphatic rings. The van der Waals surface area contributed by atoms with E-state index in [2.05, 4.69) is 10.1 Å². The van der Waals surface area contributed by atoms with Crippen LogP contribution in [0.1, 0.15) is 12.8 Å². The highest BCUT2D eigenvalue weighted by atomic mass is 19.4. The lowest BCUT2D eigenvalue weighted by Gasteiger charge is -2.31. The van der Waals surface area contributed by atoms with E-state index in [9.17, 15) is 13.2 Å².